The summed E-state index contributed by atoms with van der Waals surface area (Å²) in [6.45, 7) is 2.99. The summed E-state index contributed by atoms with van der Waals surface area (Å²) in [5, 5.41) is 8.32. The van der Waals surface area contributed by atoms with Crippen LogP contribution in [0, 0.1) is 0 Å². The van der Waals surface area contributed by atoms with Crippen LogP contribution in [-0.2, 0) is 9.53 Å². The van der Waals surface area contributed by atoms with Gasteiger partial charge in [-0.25, -0.2) is 4.79 Å². The zero-order valence-corrected chi connectivity index (χ0v) is 5.26. The number of rotatable bonds is 2. The largest absolute Gasteiger partial charge is 0.479 e. The molecule has 3 heteroatoms. The molecule has 0 atom stereocenters. The molecule has 0 aromatic carbocycles. The second-order valence-electron chi connectivity index (χ2n) is 2.02. The van der Waals surface area contributed by atoms with Gasteiger partial charge in [-0.2, -0.15) is 0 Å². The summed E-state index contributed by atoms with van der Waals surface area (Å²) in [5.74, 6) is -0.944. The average Bonchev–Trinajstić information content (AvgIpc) is 1.67. The van der Waals surface area contributed by atoms with Gasteiger partial charge in [-0.1, -0.05) is 0 Å². The molecule has 0 aromatic heterocycles. The predicted molar refractivity (Wildman–Crippen MR) is 28.7 cm³/mol. The maximum atomic E-state index is 10.1. The fourth-order valence-electron chi connectivity index (χ4n) is 0.0873. The van der Waals surface area contributed by atoms with E-state index in [0.29, 0.717) is 0 Å². The van der Waals surface area contributed by atoms with Crippen LogP contribution in [0.1, 0.15) is 13.8 Å². The monoisotopic (exact) mass is 118 g/mol. The van der Waals surface area contributed by atoms with E-state index in [4.69, 9.17) is 5.11 Å². The van der Waals surface area contributed by atoms with Gasteiger partial charge in [-0.15, -0.1) is 0 Å². The highest BCUT2D eigenvalue weighted by Crippen LogP contribution is 2.05. The van der Waals surface area contributed by atoms with E-state index in [0.717, 1.165) is 0 Å². The van der Waals surface area contributed by atoms with E-state index >= 15 is 0 Å². The lowest BCUT2D eigenvalue weighted by molar-refractivity contribution is -0.157. The van der Waals surface area contributed by atoms with Crippen molar-refractivity contribution in [3.8, 4) is 0 Å². The third-order valence-corrected chi connectivity index (χ3v) is 1.03. The molecule has 48 valence electrons. The van der Waals surface area contributed by atoms with Gasteiger partial charge in [0.25, 0.3) is 0 Å². The summed E-state index contributed by atoms with van der Waals surface area (Å²) in [5.41, 5.74) is -1.04. The van der Waals surface area contributed by atoms with Crippen molar-refractivity contribution in [3.05, 3.63) is 0 Å². The molecular weight excluding hydrogens is 108 g/mol. The number of carbonyl (C=O) groups is 1. The highest BCUT2D eigenvalue weighted by atomic mass is 16.5. The van der Waals surface area contributed by atoms with E-state index in [1.807, 2.05) is 0 Å². The molecular formula is C5H10O3. The van der Waals surface area contributed by atoms with E-state index in [1.54, 1.807) is 0 Å². The van der Waals surface area contributed by atoms with Crippen LogP contribution in [0.15, 0.2) is 0 Å². The molecule has 0 amide bonds. The van der Waals surface area contributed by atoms with Crippen LogP contribution in [0.5, 0.6) is 0 Å². The lowest BCUT2D eigenvalue weighted by Crippen LogP contribution is -2.33. The van der Waals surface area contributed by atoms with Crippen molar-refractivity contribution in [1.29, 1.82) is 0 Å². The van der Waals surface area contributed by atoms with Gasteiger partial charge in [0, 0.05) is 7.11 Å². The lowest BCUT2D eigenvalue weighted by atomic mass is 10.1. The van der Waals surface area contributed by atoms with Crippen molar-refractivity contribution in [2.75, 3.05) is 7.11 Å². The van der Waals surface area contributed by atoms with Crippen LogP contribution in [0.25, 0.3) is 0 Å². The van der Waals surface area contributed by atoms with Crippen LogP contribution in [0.3, 0.4) is 0 Å². The first-order valence-corrected chi connectivity index (χ1v) is 2.29. The summed E-state index contributed by atoms with van der Waals surface area (Å²) in [6.07, 6.45) is 0. The molecule has 0 radical (unpaired) electrons. The maximum Gasteiger partial charge on any atom is 0.335 e. The maximum absolute atomic E-state index is 10.1. The normalized spacial score (nSPS) is 11.4. The van der Waals surface area contributed by atoms with E-state index in [9.17, 15) is 4.79 Å². The van der Waals surface area contributed by atoms with Crippen LogP contribution in [-0.4, -0.2) is 23.8 Å². The van der Waals surface area contributed by atoms with Gasteiger partial charge in [0.2, 0.25) is 0 Å². The summed E-state index contributed by atoms with van der Waals surface area (Å²) in [6, 6.07) is 0. The van der Waals surface area contributed by atoms with Crippen LogP contribution >= 0.6 is 0 Å². The van der Waals surface area contributed by atoms with E-state index in [2.05, 4.69) is 4.74 Å². The molecule has 3 nitrogen and oxygen atoms in total. The zero-order chi connectivity index (χ0) is 6.78. The van der Waals surface area contributed by atoms with Gasteiger partial charge >= 0.3 is 5.97 Å². The summed E-state index contributed by atoms with van der Waals surface area (Å²) < 4.78 is 4.60. The molecule has 0 fully saturated rings. The van der Waals surface area contributed by atoms with Crippen molar-refractivity contribution < 1.29 is 14.6 Å². The summed E-state index contributed by atoms with van der Waals surface area (Å²) in [7, 11) is 1.37. The van der Waals surface area contributed by atoms with Gasteiger partial charge in [0.05, 0.1) is 0 Å². The van der Waals surface area contributed by atoms with Gasteiger partial charge in [0.1, 0.15) is 0 Å². The minimum Gasteiger partial charge on any atom is -0.479 e. The Morgan fingerprint density at radius 3 is 2.00 bits per heavy atom. The van der Waals surface area contributed by atoms with E-state index in [1.165, 1.54) is 21.0 Å². The van der Waals surface area contributed by atoms with E-state index in [-0.39, 0.29) is 0 Å². The van der Waals surface area contributed by atoms with Crippen molar-refractivity contribution in [3.63, 3.8) is 0 Å². The highest BCUT2D eigenvalue weighted by molar-refractivity contribution is 5.76. The number of ether oxygens (including phenoxy) is 1. The Morgan fingerprint density at radius 1 is 1.62 bits per heavy atom. The van der Waals surface area contributed by atoms with E-state index < -0.39 is 11.6 Å². The number of methoxy groups -OCH3 is 1. The molecule has 0 aliphatic rings. The Hall–Kier alpha value is -0.570. The third kappa shape index (κ3) is 1.50. The topological polar surface area (TPSA) is 46.5 Å². The first kappa shape index (κ1) is 7.43. The second-order valence-corrected chi connectivity index (χ2v) is 2.02. The predicted octanol–water partition coefficient (Wildman–Crippen LogP) is 0.496. The molecule has 0 saturated heterocycles. The molecule has 0 heterocycles. The quantitative estimate of drug-likeness (QED) is 0.574. The van der Waals surface area contributed by atoms with Crippen molar-refractivity contribution in [1.82, 2.24) is 0 Å². The number of carboxylic acid groups (broad SMARTS) is 1. The smallest absolute Gasteiger partial charge is 0.335 e. The first-order chi connectivity index (χ1) is 3.50. The Balaban J connectivity index is 3.91. The molecule has 0 spiro atoms. The minimum atomic E-state index is -1.04. The van der Waals surface area contributed by atoms with Gasteiger partial charge in [-0.05, 0) is 13.8 Å². The minimum absolute atomic E-state index is 0.944. The zero-order valence-electron chi connectivity index (χ0n) is 5.26. The SMILES string of the molecule is COC(C)(C)C(=O)O. The Labute approximate surface area is 48.3 Å². The molecule has 0 aliphatic heterocycles. The molecule has 0 aromatic rings. The number of aliphatic carboxylic acids is 1. The summed E-state index contributed by atoms with van der Waals surface area (Å²) >= 11 is 0. The molecule has 0 rings (SSSR count). The fraction of sp³-hybridized carbons (Fsp3) is 0.800. The molecule has 1 N–H and O–H groups in total. The average molecular weight is 118 g/mol. The molecule has 8 heavy (non-hydrogen) atoms. The van der Waals surface area contributed by atoms with Crippen molar-refractivity contribution >= 4 is 5.97 Å². The van der Waals surface area contributed by atoms with Crippen LogP contribution in [0.2, 0.25) is 0 Å². The molecule has 0 unspecified atom stereocenters. The first-order valence-electron chi connectivity index (χ1n) is 2.29. The molecule has 0 saturated carbocycles. The Morgan fingerprint density at radius 2 is 2.00 bits per heavy atom. The summed E-state index contributed by atoms with van der Waals surface area (Å²) in [4.78, 5) is 10.1. The van der Waals surface area contributed by atoms with Gasteiger partial charge < -0.3 is 9.84 Å². The number of carboxylic acids is 1. The number of hydrogen-bond donors (Lipinski definition) is 1. The third-order valence-electron chi connectivity index (χ3n) is 1.03. The standard InChI is InChI=1S/C5H10O3/c1-5(2,8-3)4(6)7/h1-3H3,(H,6,7). The van der Waals surface area contributed by atoms with Gasteiger partial charge in [0.15, 0.2) is 5.60 Å². The molecule has 0 aliphatic carbocycles. The lowest BCUT2D eigenvalue weighted by Gasteiger charge is -2.15. The second kappa shape index (κ2) is 2.13. The van der Waals surface area contributed by atoms with Crippen molar-refractivity contribution in [2.45, 2.75) is 19.4 Å². The van der Waals surface area contributed by atoms with Gasteiger partial charge in [-0.3, -0.25) is 0 Å². The molecule has 0 bridgehead atoms. The highest BCUT2D eigenvalue weighted by Gasteiger charge is 2.25. The van der Waals surface area contributed by atoms with Crippen LogP contribution in [0.4, 0.5) is 0 Å². The fourth-order valence-corrected chi connectivity index (χ4v) is 0.0873. The Bertz CT molecular complexity index is 95.8. The Kier molecular flexibility index (Phi) is 1.98. The number of hydrogen-bond acceptors (Lipinski definition) is 2. The van der Waals surface area contributed by atoms with Crippen LogP contribution < -0.4 is 0 Å². The van der Waals surface area contributed by atoms with Crippen molar-refractivity contribution in [2.24, 2.45) is 0 Å².